The molecule has 2 aliphatic rings. The predicted molar refractivity (Wildman–Crippen MR) is 65.4 cm³/mol. The van der Waals surface area contributed by atoms with E-state index in [-0.39, 0.29) is 5.91 Å². The average molecular weight is 248 g/mol. The molecule has 1 N–H and O–H groups in total. The summed E-state index contributed by atoms with van der Waals surface area (Å²) < 4.78 is 10.6. The first kappa shape index (κ1) is 11.6. The number of rotatable bonds is 3. The Hall–Kier alpha value is -1.46. The second-order valence-electron chi connectivity index (χ2n) is 4.63. The fraction of sp³-hybridized carbons (Fsp3) is 0.538. The Labute approximate surface area is 105 Å². The molecule has 1 aromatic rings. The maximum atomic E-state index is 12.0. The van der Waals surface area contributed by atoms with E-state index in [1.165, 1.54) is 0 Å². The van der Waals surface area contributed by atoms with Crippen LogP contribution in [0.3, 0.4) is 0 Å². The van der Waals surface area contributed by atoms with Crippen LogP contribution in [0, 0.1) is 0 Å². The van der Waals surface area contributed by atoms with E-state index >= 15 is 0 Å². The van der Waals surface area contributed by atoms with Crippen LogP contribution in [0.2, 0.25) is 0 Å². The molecule has 1 atom stereocenters. The number of nitrogens with one attached hydrogen (secondary N) is 1. The Kier molecular flexibility index (Phi) is 3.25. The quantitative estimate of drug-likeness (QED) is 0.876. The van der Waals surface area contributed by atoms with Crippen LogP contribution in [0.25, 0.3) is 0 Å². The number of ether oxygens (including phenoxy) is 2. The van der Waals surface area contributed by atoms with E-state index in [2.05, 4.69) is 10.3 Å². The molecule has 1 aromatic heterocycles. The molecular formula is C13H16N2O3. The van der Waals surface area contributed by atoms with Crippen molar-refractivity contribution in [2.75, 3.05) is 25.1 Å². The van der Waals surface area contributed by atoms with E-state index in [4.69, 9.17) is 9.47 Å². The van der Waals surface area contributed by atoms with Crippen LogP contribution < -0.4 is 5.32 Å². The van der Waals surface area contributed by atoms with Gasteiger partial charge in [-0.15, -0.1) is 0 Å². The number of aromatic nitrogens is 1. The maximum Gasteiger partial charge on any atom is 0.255 e. The van der Waals surface area contributed by atoms with Crippen molar-refractivity contribution in [3.05, 3.63) is 24.0 Å². The molecule has 0 spiro atoms. The Morgan fingerprint density at radius 1 is 1.39 bits per heavy atom. The lowest BCUT2D eigenvalue weighted by Crippen LogP contribution is -2.39. The second-order valence-corrected chi connectivity index (χ2v) is 4.63. The lowest BCUT2D eigenvalue weighted by Gasteiger charge is -2.22. The van der Waals surface area contributed by atoms with Gasteiger partial charge in [-0.3, -0.25) is 9.78 Å². The Morgan fingerprint density at radius 3 is 3.00 bits per heavy atom. The van der Waals surface area contributed by atoms with Crippen LogP contribution in [0.1, 0.15) is 24.5 Å². The van der Waals surface area contributed by atoms with Crippen LogP contribution >= 0.6 is 0 Å². The van der Waals surface area contributed by atoms with Gasteiger partial charge in [-0.25, -0.2) is 0 Å². The minimum atomic E-state index is -0.508. The molecule has 0 radical (unpaired) electrons. The van der Waals surface area contributed by atoms with E-state index in [0.29, 0.717) is 25.7 Å². The molecule has 3 rings (SSSR count). The molecular weight excluding hydrogens is 232 g/mol. The molecule has 96 valence electrons. The first-order valence-electron chi connectivity index (χ1n) is 6.30. The highest BCUT2D eigenvalue weighted by atomic mass is 16.6. The molecule has 5 heteroatoms. The summed E-state index contributed by atoms with van der Waals surface area (Å²) in [6.45, 7) is 1.36. The van der Waals surface area contributed by atoms with Gasteiger partial charge < -0.3 is 14.8 Å². The fourth-order valence-corrected chi connectivity index (χ4v) is 2.06. The number of carbonyl (C=O) groups excluding carboxylic acids is 1. The summed E-state index contributed by atoms with van der Waals surface area (Å²) in [6, 6.07) is 3.72. The molecule has 1 amide bonds. The van der Waals surface area contributed by atoms with Crippen molar-refractivity contribution in [2.24, 2.45) is 0 Å². The van der Waals surface area contributed by atoms with E-state index in [1.54, 1.807) is 6.20 Å². The smallest absolute Gasteiger partial charge is 0.255 e. The predicted octanol–water partition coefficient (Wildman–Crippen LogP) is 1.31. The second kappa shape index (κ2) is 5.04. The minimum Gasteiger partial charge on any atom is -0.376 e. The normalized spacial score (nSPS) is 23.7. The third kappa shape index (κ3) is 2.52. The average Bonchev–Trinajstić information content (AvgIpc) is 3.25. The van der Waals surface area contributed by atoms with Gasteiger partial charge in [-0.2, -0.15) is 0 Å². The monoisotopic (exact) mass is 248 g/mol. The number of hydrogen-bond acceptors (Lipinski definition) is 4. The van der Waals surface area contributed by atoms with Crippen LogP contribution in [0.15, 0.2) is 18.3 Å². The van der Waals surface area contributed by atoms with Crippen molar-refractivity contribution in [2.45, 2.75) is 24.9 Å². The molecule has 2 heterocycles. The number of amides is 1. The van der Waals surface area contributed by atoms with Crippen molar-refractivity contribution in [1.29, 1.82) is 0 Å². The first-order valence-corrected chi connectivity index (χ1v) is 6.30. The van der Waals surface area contributed by atoms with Crippen LogP contribution in [0.4, 0.5) is 5.69 Å². The number of pyridine rings is 1. The zero-order valence-electron chi connectivity index (χ0n) is 10.1. The first-order chi connectivity index (χ1) is 8.84. The minimum absolute atomic E-state index is 0.149. The molecule has 1 unspecified atom stereocenters. The fourth-order valence-electron chi connectivity index (χ4n) is 2.06. The molecule has 18 heavy (non-hydrogen) atoms. The summed E-state index contributed by atoms with van der Waals surface area (Å²) in [7, 11) is 0. The summed E-state index contributed by atoms with van der Waals surface area (Å²) >= 11 is 0. The van der Waals surface area contributed by atoms with Crippen LogP contribution in [0.5, 0.6) is 0 Å². The molecule has 5 nitrogen and oxygen atoms in total. The third-order valence-corrected chi connectivity index (χ3v) is 3.17. The highest BCUT2D eigenvalue weighted by molar-refractivity contribution is 5.94. The van der Waals surface area contributed by atoms with Crippen molar-refractivity contribution < 1.29 is 14.3 Å². The van der Waals surface area contributed by atoms with Gasteiger partial charge >= 0.3 is 0 Å². The van der Waals surface area contributed by atoms with Gasteiger partial charge in [0.1, 0.15) is 0 Å². The number of anilines is 1. The lowest BCUT2D eigenvalue weighted by atomic mass is 10.2. The molecule has 0 aromatic carbocycles. The summed E-state index contributed by atoms with van der Waals surface area (Å²) in [5.74, 6) is 0.356. The zero-order valence-corrected chi connectivity index (χ0v) is 10.1. The number of nitrogens with zero attached hydrogens (tertiary/aromatic N) is 1. The zero-order chi connectivity index (χ0) is 12.4. The van der Waals surface area contributed by atoms with Gasteiger partial charge in [0.2, 0.25) is 0 Å². The van der Waals surface area contributed by atoms with Gasteiger partial charge in [-0.05, 0) is 25.0 Å². The molecule has 2 fully saturated rings. The lowest BCUT2D eigenvalue weighted by molar-refractivity contribution is -0.142. The van der Waals surface area contributed by atoms with Gasteiger partial charge in [0.25, 0.3) is 5.91 Å². The van der Waals surface area contributed by atoms with Crippen molar-refractivity contribution in [3.8, 4) is 0 Å². The summed E-state index contributed by atoms with van der Waals surface area (Å²) in [5, 5.41) is 2.90. The van der Waals surface area contributed by atoms with E-state index in [9.17, 15) is 4.79 Å². The van der Waals surface area contributed by atoms with Gasteiger partial charge in [0.15, 0.2) is 6.10 Å². The SMILES string of the molecule is O=C(Nc1cccnc1C1CC1)C1COCCO1. The number of carbonyl (C=O) groups is 1. The van der Waals surface area contributed by atoms with E-state index in [1.807, 2.05) is 12.1 Å². The molecule has 1 saturated carbocycles. The Morgan fingerprint density at radius 2 is 2.28 bits per heavy atom. The molecule has 1 aliphatic heterocycles. The van der Waals surface area contributed by atoms with Gasteiger partial charge in [0, 0.05) is 12.1 Å². The largest absolute Gasteiger partial charge is 0.376 e. The molecule has 1 aliphatic carbocycles. The third-order valence-electron chi connectivity index (χ3n) is 3.17. The van der Waals surface area contributed by atoms with E-state index in [0.717, 1.165) is 24.2 Å². The van der Waals surface area contributed by atoms with Gasteiger partial charge in [0.05, 0.1) is 31.2 Å². The molecule has 0 bridgehead atoms. The highest BCUT2D eigenvalue weighted by Gasteiger charge is 2.29. The Bertz CT molecular complexity index is 440. The maximum absolute atomic E-state index is 12.0. The molecule has 1 saturated heterocycles. The van der Waals surface area contributed by atoms with Crippen molar-refractivity contribution >= 4 is 11.6 Å². The standard InChI is InChI=1S/C13H16N2O3/c16-13(11-8-17-6-7-18-11)15-10-2-1-5-14-12(10)9-3-4-9/h1-2,5,9,11H,3-4,6-8H2,(H,15,16). The van der Waals surface area contributed by atoms with Crippen molar-refractivity contribution in [1.82, 2.24) is 4.98 Å². The van der Waals surface area contributed by atoms with Crippen molar-refractivity contribution in [3.63, 3.8) is 0 Å². The topological polar surface area (TPSA) is 60.5 Å². The summed E-state index contributed by atoms with van der Waals surface area (Å²) in [5.41, 5.74) is 1.79. The Balaban J connectivity index is 1.69. The number of hydrogen-bond donors (Lipinski definition) is 1. The summed E-state index contributed by atoms with van der Waals surface area (Å²) in [6.07, 6.45) is 3.57. The van der Waals surface area contributed by atoms with Crippen LogP contribution in [-0.4, -0.2) is 36.8 Å². The summed E-state index contributed by atoms with van der Waals surface area (Å²) in [4.78, 5) is 16.4. The highest BCUT2D eigenvalue weighted by Crippen LogP contribution is 2.42. The van der Waals surface area contributed by atoms with Gasteiger partial charge in [-0.1, -0.05) is 0 Å². The van der Waals surface area contributed by atoms with E-state index < -0.39 is 6.10 Å². The van der Waals surface area contributed by atoms with Crippen LogP contribution in [-0.2, 0) is 14.3 Å².